The number of carbonyl (C=O) groups is 2. The van der Waals surface area contributed by atoms with Crippen LogP contribution in [0.25, 0.3) is 0 Å². The molecule has 10 nitrogen and oxygen atoms in total. The number of nitrogens with zero attached hydrogens (tertiary/aromatic N) is 4. The van der Waals surface area contributed by atoms with Gasteiger partial charge in [-0.15, -0.1) is 0 Å². The minimum Gasteiger partial charge on any atom is -0.461 e. The van der Waals surface area contributed by atoms with E-state index in [-0.39, 0.29) is 18.0 Å². The van der Waals surface area contributed by atoms with Crippen molar-refractivity contribution < 1.29 is 14.3 Å². The van der Waals surface area contributed by atoms with E-state index in [0.717, 1.165) is 8.95 Å². The Morgan fingerprint density at radius 3 is 1.76 bits per heavy atom. The fraction of sp³-hybridized carbons (Fsp3) is 0.143. The molecule has 0 spiro atoms. The molecule has 0 fully saturated rings. The van der Waals surface area contributed by atoms with Gasteiger partial charge in [-0.3, -0.25) is 15.6 Å². The fourth-order valence-electron chi connectivity index (χ4n) is 1.90. The molecule has 0 bridgehead atoms. The smallest absolute Gasteiger partial charge is 0.369 e. The summed E-state index contributed by atoms with van der Waals surface area (Å²) >= 11 is 6.61. The summed E-state index contributed by atoms with van der Waals surface area (Å²) in [7, 11) is 1.44. The zero-order valence-corrected chi connectivity index (χ0v) is 20.8. The van der Waals surface area contributed by atoms with E-state index in [1.54, 1.807) is 37.3 Å². The molecule has 170 valence electrons. The summed E-state index contributed by atoms with van der Waals surface area (Å²) in [5.41, 5.74) is 6.05. The van der Waals surface area contributed by atoms with Crippen LogP contribution in [0.15, 0.2) is 67.7 Å². The van der Waals surface area contributed by atoms with Crippen molar-refractivity contribution in [2.75, 3.05) is 24.5 Å². The zero-order chi connectivity index (χ0) is 24.6. The molecule has 0 unspecified atom stereocenters. The molecule has 0 aliphatic heterocycles. The first-order valence-electron chi connectivity index (χ1n) is 9.23. The Morgan fingerprint density at radius 2 is 1.36 bits per heavy atom. The highest BCUT2D eigenvalue weighted by molar-refractivity contribution is 9.11. The topological polar surface area (TPSA) is 152 Å². The number of hydrazone groups is 2. The van der Waals surface area contributed by atoms with Gasteiger partial charge in [0.05, 0.1) is 18.0 Å². The van der Waals surface area contributed by atoms with Crippen LogP contribution in [0.4, 0.5) is 11.4 Å². The van der Waals surface area contributed by atoms with Crippen LogP contribution >= 0.6 is 31.9 Å². The van der Waals surface area contributed by atoms with Gasteiger partial charge in [-0.05, 0) is 63.0 Å². The standard InChI is InChI=1S/C11H10BrN3O2.C10H9BrN4O/c1-2-17-11(16)10(7-13)15-14-9-6-4-3-5-8(9)12;1-13-10(16)9(6-12)15-14-8-5-3-2-4-7(8)11/h3-6,14H,2H2,1H3;2-5,14H,1H3,(H,13,16). The number of ether oxygens (including phenoxy) is 1. The average molecular weight is 577 g/mol. The molecule has 0 aromatic heterocycles. The number of para-hydroxylation sites is 2. The van der Waals surface area contributed by atoms with E-state index in [4.69, 9.17) is 10.5 Å². The minimum atomic E-state index is -0.741. The lowest BCUT2D eigenvalue weighted by Crippen LogP contribution is -2.27. The number of hydrogen-bond acceptors (Lipinski definition) is 9. The van der Waals surface area contributed by atoms with E-state index in [2.05, 4.69) is 63.0 Å². The lowest BCUT2D eigenvalue weighted by Gasteiger charge is -2.03. The maximum Gasteiger partial charge on any atom is 0.369 e. The van der Waals surface area contributed by atoms with E-state index < -0.39 is 11.9 Å². The van der Waals surface area contributed by atoms with Crippen LogP contribution in [0, 0.1) is 22.7 Å². The van der Waals surface area contributed by atoms with E-state index in [0.29, 0.717) is 11.4 Å². The van der Waals surface area contributed by atoms with Crippen molar-refractivity contribution in [3.63, 3.8) is 0 Å². The third kappa shape index (κ3) is 9.51. The Kier molecular flexibility index (Phi) is 12.5. The maximum absolute atomic E-state index is 11.3. The second-order valence-corrected chi connectivity index (χ2v) is 7.34. The van der Waals surface area contributed by atoms with Gasteiger partial charge < -0.3 is 10.1 Å². The lowest BCUT2D eigenvalue weighted by molar-refractivity contribution is -0.134. The maximum atomic E-state index is 11.3. The molecule has 1 amide bonds. The number of esters is 1. The Bertz CT molecular complexity index is 1120. The van der Waals surface area contributed by atoms with E-state index in [1.807, 2.05) is 30.3 Å². The van der Waals surface area contributed by atoms with Gasteiger partial charge in [0.1, 0.15) is 12.1 Å². The molecule has 2 rings (SSSR count). The molecule has 3 N–H and O–H groups in total. The summed E-state index contributed by atoms with van der Waals surface area (Å²) in [6.45, 7) is 1.86. The van der Waals surface area contributed by atoms with Crippen molar-refractivity contribution in [3.05, 3.63) is 57.5 Å². The first-order valence-corrected chi connectivity index (χ1v) is 10.8. The Hall–Kier alpha value is -3.74. The van der Waals surface area contributed by atoms with Crippen molar-refractivity contribution >= 4 is 66.5 Å². The van der Waals surface area contributed by atoms with Crippen LogP contribution in [0.3, 0.4) is 0 Å². The van der Waals surface area contributed by atoms with Crippen LogP contribution in [-0.2, 0) is 14.3 Å². The van der Waals surface area contributed by atoms with Crippen LogP contribution in [0.1, 0.15) is 6.92 Å². The molecule has 0 aliphatic rings. The minimum absolute atomic E-state index is 0.203. The van der Waals surface area contributed by atoms with Crippen LogP contribution < -0.4 is 16.2 Å². The highest BCUT2D eigenvalue weighted by Gasteiger charge is 2.12. The number of halogens is 2. The van der Waals surface area contributed by atoms with Crippen molar-refractivity contribution in [2.24, 2.45) is 10.2 Å². The molecule has 0 atom stereocenters. The summed E-state index contributed by atoms with van der Waals surface area (Å²) in [6, 6.07) is 17.9. The Labute approximate surface area is 207 Å². The van der Waals surface area contributed by atoms with Crippen molar-refractivity contribution in [1.82, 2.24) is 5.32 Å². The Morgan fingerprint density at radius 1 is 0.909 bits per heavy atom. The fourth-order valence-corrected chi connectivity index (χ4v) is 2.64. The summed E-state index contributed by atoms with van der Waals surface area (Å²) in [6.07, 6.45) is 0. The third-order valence-electron chi connectivity index (χ3n) is 3.45. The highest BCUT2D eigenvalue weighted by atomic mass is 79.9. The summed E-state index contributed by atoms with van der Waals surface area (Å²) in [5, 5.41) is 27.1. The number of carbonyl (C=O) groups excluding carboxylic acids is 2. The van der Waals surface area contributed by atoms with Crippen molar-refractivity contribution in [3.8, 4) is 12.1 Å². The molecular formula is C21H19Br2N7O3. The SMILES string of the molecule is CCOC(=O)C(C#N)=NNc1ccccc1Br.CNC(=O)C(C#N)=NNc1ccccc1Br. The first-order chi connectivity index (χ1) is 15.9. The zero-order valence-electron chi connectivity index (χ0n) is 17.6. The molecular weight excluding hydrogens is 558 g/mol. The first kappa shape index (κ1) is 27.3. The number of hydrogen-bond donors (Lipinski definition) is 3. The van der Waals surface area contributed by atoms with E-state index in [1.165, 1.54) is 7.05 Å². The second-order valence-electron chi connectivity index (χ2n) is 5.63. The predicted molar refractivity (Wildman–Crippen MR) is 132 cm³/mol. The monoisotopic (exact) mass is 575 g/mol. The molecule has 0 saturated heterocycles. The van der Waals surface area contributed by atoms with Gasteiger partial charge in [0.15, 0.2) is 0 Å². The van der Waals surface area contributed by atoms with Crippen LogP contribution in [-0.4, -0.2) is 37.0 Å². The molecule has 0 radical (unpaired) electrons. The predicted octanol–water partition coefficient (Wildman–Crippen LogP) is 3.79. The number of amides is 1. The van der Waals surface area contributed by atoms with Crippen LogP contribution in [0.2, 0.25) is 0 Å². The normalized spacial score (nSPS) is 10.5. The molecule has 2 aromatic rings. The molecule has 0 saturated carbocycles. The van der Waals surface area contributed by atoms with Gasteiger partial charge in [0, 0.05) is 16.0 Å². The van der Waals surface area contributed by atoms with E-state index >= 15 is 0 Å². The summed E-state index contributed by atoms with van der Waals surface area (Å²) < 4.78 is 6.25. The number of nitriles is 2. The quantitative estimate of drug-likeness (QED) is 0.257. The van der Waals surface area contributed by atoms with Gasteiger partial charge in [-0.2, -0.15) is 20.7 Å². The van der Waals surface area contributed by atoms with Gasteiger partial charge >= 0.3 is 5.97 Å². The number of nitrogens with one attached hydrogen (secondary N) is 3. The molecule has 0 heterocycles. The summed E-state index contributed by atoms with van der Waals surface area (Å²) in [5.74, 6) is -1.27. The third-order valence-corrected chi connectivity index (χ3v) is 4.83. The van der Waals surface area contributed by atoms with Gasteiger partial charge in [0.25, 0.3) is 5.91 Å². The van der Waals surface area contributed by atoms with Gasteiger partial charge in [0.2, 0.25) is 11.4 Å². The van der Waals surface area contributed by atoms with Gasteiger partial charge in [-0.25, -0.2) is 4.79 Å². The number of anilines is 2. The molecule has 33 heavy (non-hydrogen) atoms. The molecule has 0 aliphatic carbocycles. The van der Waals surface area contributed by atoms with Crippen molar-refractivity contribution in [2.45, 2.75) is 6.92 Å². The number of benzene rings is 2. The summed E-state index contributed by atoms with van der Waals surface area (Å²) in [4.78, 5) is 22.4. The molecule has 12 heteroatoms. The van der Waals surface area contributed by atoms with Gasteiger partial charge in [-0.1, -0.05) is 24.3 Å². The number of rotatable bonds is 7. The lowest BCUT2D eigenvalue weighted by atomic mass is 10.3. The largest absolute Gasteiger partial charge is 0.461 e. The Balaban J connectivity index is 0.000000331. The van der Waals surface area contributed by atoms with Crippen LogP contribution in [0.5, 0.6) is 0 Å². The van der Waals surface area contributed by atoms with Crippen molar-refractivity contribution in [1.29, 1.82) is 10.5 Å². The second kappa shape index (κ2) is 15.1. The highest BCUT2D eigenvalue weighted by Crippen LogP contribution is 2.21. The molecule has 2 aromatic carbocycles. The van der Waals surface area contributed by atoms with E-state index in [9.17, 15) is 9.59 Å². The average Bonchev–Trinajstić information content (AvgIpc) is 2.82.